The van der Waals surface area contributed by atoms with Crippen molar-refractivity contribution in [2.45, 2.75) is 26.7 Å². The molecule has 0 spiro atoms. The summed E-state index contributed by atoms with van der Waals surface area (Å²) in [5.74, 6) is 0.204. The summed E-state index contributed by atoms with van der Waals surface area (Å²) < 4.78 is 0. The largest absolute Gasteiger partial charge is 0.316 e. The van der Waals surface area contributed by atoms with E-state index in [-0.39, 0.29) is 11.8 Å². The van der Waals surface area contributed by atoms with Crippen molar-refractivity contribution in [3.63, 3.8) is 0 Å². The lowest BCUT2D eigenvalue weighted by Gasteiger charge is -2.06. The van der Waals surface area contributed by atoms with E-state index in [2.05, 4.69) is 22.5 Å². The maximum absolute atomic E-state index is 11.8. The van der Waals surface area contributed by atoms with Gasteiger partial charge in [-0.15, -0.1) is 11.3 Å². The molecule has 0 aliphatic carbocycles. The lowest BCUT2D eigenvalue weighted by Crippen LogP contribution is -2.24. The van der Waals surface area contributed by atoms with Gasteiger partial charge < -0.3 is 10.6 Å². The number of rotatable bonds is 3. The van der Waals surface area contributed by atoms with Gasteiger partial charge in [0.05, 0.1) is 11.6 Å². The quantitative estimate of drug-likeness (QED) is 0.841. The Kier molecular flexibility index (Phi) is 3.56. The molecule has 5 heteroatoms. The monoisotopic (exact) mass is 239 g/mol. The highest BCUT2D eigenvalue weighted by molar-refractivity contribution is 7.15. The number of aryl methyl sites for hydroxylation is 2. The summed E-state index contributed by atoms with van der Waals surface area (Å²) >= 11 is 1.56. The lowest BCUT2D eigenvalue weighted by atomic mass is 10.1. The van der Waals surface area contributed by atoms with Gasteiger partial charge in [-0.1, -0.05) is 6.92 Å². The highest BCUT2D eigenvalue weighted by Gasteiger charge is 2.23. The standard InChI is InChI=1S/C11H17N3OS/c1-3-9-7(2)16-11(13-9)14-10(15)8-4-5-12-6-8/h8,12H,3-6H2,1-2H3,(H,13,14,15). The normalized spacial score (nSPS) is 20.0. The predicted octanol–water partition coefficient (Wildman–Crippen LogP) is 1.56. The summed E-state index contributed by atoms with van der Waals surface area (Å²) in [5, 5.41) is 6.84. The van der Waals surface area contributed by atoms with Crippen LogP contribution in [0.4, 0.5) is 5.13 Å². The summed E-state index contributed by atoms with van der Waals surface area (Å²) in [6.07, 6.45) is 1.85. The zero-order chi connectivity index (χ0) is 11.5. The first-order valence-corrected chi connectivity index (χ1v) is 6.50. The molecule has 1 saturated heterocycles. The van der Waals surface area contributed by atoms with E-state index in [1.54, 1.807) is 11.3 Å². The van der Waals surface area contributed by atoms with Gasteiger partial charge in [-0.25, -0.2) is 4.98 Å². The third-order valence-corrected chi connectivity index (χ3v) is 3.82. The average Bonchev–Trinajstić information content (AvgIpc) is 2.87. The van der Waals surface area contributed by atoms with E-state index in [4.69, 9.17) is 0 Å². The Hall–Kier alpha value is -0.940. The Morgan fingerprint density at radius 2 is 2.50 bits per heavy atom. The molecule has 1 amide bonds. The van der Waals surface area contributed by atoms with Crippen molar-refractivity contribution >= 4 is 22.4 Å². The first-order valence-electron chi connectivity index (χ1n) is 5.68. The van der Waals surface area contributed by atoms with Crippen molar-refractivity contribution in [2.75, 3.05) is 18.4 Å². The molecule has 2 heterocycles. The van der Waals surface area contributed by atoms with Gasteiger partial charge in [0.2, 0.25) is 5.91 Å². The van der Waals surface area contributed by atoms with E-state index in [1.165, 1.54) is 4.88 Å². The molecule has 1 aliphatic rings. The zero-order valence-electron chi connectivity index (χ0n) is 9.67. The van der Waals surface area contributed by atoms with Crippen molar-refractivity contribution in [2.24, 2.45) is 5.92 Å². The van der Waals surface area contributed by atoms with E-state index in [0.29, 0.717) is 0 Å². The van der Waals surface area contributed by atoms with Gasteiger partial charge in [-0.05, 0) is 26.3 Å². The van der Waals surface area contributed by atoms with E-state index in [9.17, 15) is 4.79 Å². The van der Waals surface area contributed by atoms with Crippen LogP contribution in [-0.2, 0) is 11.2 Å². The van der Waals surface area contributed by atoms with Gasteiger partial charge in [-0.3, -0.25) is 4.79 Å². The number of aromatic nitrogens is 1. The molecule has 0 radical (unpaired) electrons. The summed E-state index contributed by atoms with van der Waals surface area (Å²) in [7, 11) is 0. The second kappa shape index (κ2) is 4.93. The first-order chi connectivity index (χ1) is 7.70. The number of carbonyl (C=O) groups excluding carboxylic acids is 1. The highest BCUT2D eigenvalue weighted by Crippen LogP contribution is 2.23. The smallest absolute Gasteiger partial charge is 0.230 e. The number of anilines is 1. The Morgan fingerprint density at radius 1 is 1.69 bits per heavy atom. The molecule has 0 aromatic carbocycles. The molecule has 1 aromatic heterocycles. The molecule has 1 unspecified atom stereocenters. The van der Waals surface area contributed by atoms with Crippen LogP contribution in [0, 0.1) is 12.8 Å². The maximum Gasteiger partial charge on any atom is 0.230 e. The van der Waals surface area contributed by atoms with Crippen LogP contribution in [0.5, 0.6) is 0 Å². The van der Waals surface area contributed by atoms with Gasteiger partial charge in [0, 0.05) is 11.4 Å². The minimum Gasteiger partial charge on any atom is -0.316 e. The van der Waals surface area contributed by atoms with E-state index in [0.717, 1.165) is 36.8 Å². The number of hydrogen-bond donors (Lipinski definition) is 2. The molecule has 88 valence electrons. The molecule has 4 nitrogen and oxygen atoms in total. The summed E-state index contributed by atoms with van der Waals surface area (Å²) in [6, 6.07) is 0. The van der Waals surface area contributed by atoms with Crippen LogP contribution < -0.4 is 10.6 Å². The Morgan fingerprint density at radius 3 is 3.06 bits per heavy atom. The van der Waals surface area contributed by atoms with Crippen molar-refractivity contribution in [3.8, 4) is 0 Å². The molecular formula is C11H17N3OS. The summed E-state index contributed by atoms with van der Waals surface area (Å²) in [5.41, 5.74) is 1.09. The molecule has 0 bridgehead atoms. The van der Waals surface area contributed by atoms with Gasteiger partial charge >= 0.3 is 0 Å². The van der Waals surface area contributed by atoms with Crippen LogP contribution in [0.3, 0.4) is 0 Å². The molecular weight excluding hydrogens is 222 g/mol. The minimum absolute atomic E-state index is 0.0985. The van der Waals surface area contributed by atoms with E-state index in [1.807, 2.05) is 6.92 Å². The summed E-state index contributed by atoms with van der Waals surface area (Å²) in [6.45, 7) is 5.85. The van der Waals surface area contributed by atoms with Crippen LogP contribution in [0.15, 0.2) is 0 Å². The highest BCUT2D eigenvalue weighted by atomic mass is 32.1. The van der Waals surface area contributed by atoms with Gasteiger partial charge in [0.1, 0.15) is 0 Å². The third kappa shape index (κ3) is 2.41. The fourth-order valence-corrected chi connectivity index (χ4v) is 2.80. The Balaban J connectivity index is 1.99. The van der Waals surface area contributed by atoms with Gasteiger partial charge in [0.25, 0.3) is 0 Å². The van der Waals surface area contributed by atoms with Crippen LogP contribution in [-0.4, -0.2) is 24.0 Å². The summed E-state index contributed by atoms with van der Waals surface area (Å²) in [4.78, 5) is 17.4. The molecule has 1 atom stereocenters. The van der Waals surface area contributed by atoms with E-state index < -0.39 is 0 Å². The lowest BCUT2D eigenvalue weighted by molar-refractivity contribution is -0.119. The minimum atomic E-state index is 0.0985. The SMILES string of the molecule is CCc1nc(NC(=O)C2CCNC2)sc1C. The number of carbonyl (C=O) groups is 1. The number of hydrogen-bond acceptors (Lipinski definition) is 4. The average molecular weight is 239 g/mol. The van der Waals surface area contributed by atoms with Crippen LogP contribution in [0.1, 0.15) is 23.9 Å². The number of nitrogens with zero attached hydrogens (tertiary/aromatic N) is 1. The number of thiazole rings is 1. The van der Waals surface area contributed by atoms with Gasteiger partial charge in [-0.2, -0.15) is 0 Å². The molecule has 16 heavy (non-hydrogen) atoms. The maximum atomic E-state index is 11.8. The van der Waals surface area contributed by atoms with Crippen molar-refractivity contribution in [1.82, 2.24) is 10.3 Å². The first kappa shape index (κ1) is 11.5. The topological polar surface area (TPSA) is 54.0 Å². The molecule has 1 aromatic rings. The predicted molar refractivity (Wildman–Crippen MR) is 65.8 cm³/mol. The van der Waals surface area contributed by atoms with Gasteiger partial charge in [0.15, 0.2) is 5.13 Å². The molecule has 1 fully saturated rings. The molecule has 0 saturated carbocycles. The second-order valence-electron chi connectivity index (χ2n) is 4.05. The van der Waals surface area contributed by atoms with Crippen molar-refractivity contribution in [1.29, 1.82) is 0 Å². The fraction of sp³-hybridized carbons (Fsp3) is 0.636. The Bertz CT molecular complexity index is 383. The number of amides is 1. The number of nitrogens with one attached hydrogen (secondary N) is 2. The van der Waals surface area contributed by atoms with Crippen molar-refractivity contribution < 1.29 is 4.79 Å². The zero-order valence-corrected chi connectivity index (χ0v) is 10.5. The second-order valence-corrected chi connectivity index (χ2v) is 5.26. The molecule has 2 N–H and O–H groups in total. The van der Waals surface area contributed by atoms with Crippen LogP contribution in [0.2, 0.25) is 0 Å². The van der Waals surface area contributed by atoms with Crippen LogP contribution in [0.25, 0.3) is 0 Å². The van der Waals surface area contributed by atoms with Crippen LogP contribution >= 0.6 is 11.3 Å². The van der Waals surface area contributed by atoms with Crippen molar-refractivity contribution in [3.05, 3.63) is 10.6 Å². The molecule has 1 aliphatic heterocycles. The molecule has 2 rings (SSSR count). The fourth-order valence-electron chi connectivity index (χ4n) is 1.90. The Labute approximate surface area is 99.5 Å². The third-order valence-electron chi connectivity index (χ3n) is 2.89. The van der Waals surface area contributed by atoms with E-state index >= 15 is 0 Å².